The molecule has 1 saturated heterocycles. The Morgan fingerprint density at radius 1 is 1.03 bits per heavy atom. The van der Waals surface area contributed by atoms with E-state index in [1.54, 1.807) is 12.1 Å². The number of hydrogen-bond donors (Lipinski definition) is 0. The van der Waals surface area contributed by atoms with E-state index < -0.39 is 10.0 Å². The van der Waals surface area contributed by atoms with Gasteiger partial charge in [0.05, 0.1) is 10.0 Å². The molecule has 0 aromatic heterocycles. The van der Waals surface area contributed by atoms with Crippen LogP contribution in [-0.4, -0.2) is 38.3 Å². The Bertz CT molecular complexity index is 1080. The normalized spacial score (nSPS) is 18.3. The summed E-state index contributed by atoms with van der Waals surface area (Å²) in [6, 6.07) is 10.8. The van der Waals surface area contributed by atoms with E-state index in [1.807, 2.05) is 24.0 Å². The van der Waals surface area contributed by atoms with Crippen molar-refractivity contribution in [1.29, 1.82) is 0 Å². The molecule has 0 N–H and O–H groups in total. The third kappa shape index (κ3) is 3.86. The maximum Gasteiger partial charge on any atom is 0.244 e. The molecule has 8 heteroatoms. The van der Waals surface area contributed by atoms with E-state index in [0.29, 0.717) is 19.4 Å². The maximum absolute atomic E-state index is 13.3. The van der Waals surface area contributed by atoms with Crippen LogP contribution in [0, 0.1) is 12.8 Å². The first kappa shape index (κ1) is 21.6. The molecule has 0 aliphatic carbocycles. The lowest BCUT2D eigenvalue weighted by atomic mass is 9.93. The van der Waals surface area contributed by atoms with Gasteiger partial charge in [0, 0.05) is 31.2 Å². The molecular formula is C22H24Cl2N2O3S. The molecular weight excluding hydrogens is 443 g/mol. The summed E-state index contributed by atoms with van der Waals surface area (Å²) in [5, 5.41) is 0.250. The van der Waals surface area contributed by atoms with Crippen LogP contribution in [0.15, 0.2) is 41.3 Å². The number of para-hydroxylation sites is 1. The third-order valence-corrected chi connectivity index (χ3v) is 8.89. The molecule has 2 aromatic rings. The van der Waals surface area contributed by atoms with Crippen molar-refractivity contribution in [2.24, 2.45) is 5.92 Å². The van der Waals surface area contributed by atoms with Crippen LogP contribution in [0.25, 0.3) is 0 Å². The number of benzene rings is 2. The fraction of sp³-hybridized carbons (Fsp3) is 0.409. The van der Waals surface area contributed by atoms with E-state index in [9.17, 15) is 13.2 Å². The largest absolute Gasteiger partial charge is 0.312 e. The number of fused-ring (bicyclic) bond motifs is 1. The summed E-state index contributed by atoms with van der Waals surface area (Å²) < 4.78 is 27.5. The van der Waals surface area contributed by atoms with E-state index in [-0.39, 0.29) is 39.9 Å². The quantitative estimate of drug-likeness (QED) is 0.659. The minimum Gasteiger partial charge on any atom is -0.312 e. The molecule has 2 heterocycles. The highest BCUT2D eigenvalue weighted by Crippen LogP contribution is 2.35. The molecule has 4 rings (SSSR count). The lowest BCUT2D eigenvalue weighted by Gasteiger charge is -2.36. The molecule has 0 bridgehead atoms. The van der Waals surface area contributed by atoms with Crippen LogP contribution in [0.2, 0.25) is 10.0 Å². The van der Waals surface area contributed by atoms with Gasteiger partial charge in [-0.1, -0.05) is 47.5 Å². The van der Waals surface area contributed by atoms with Crippen molar-refractivity contribution in [1.82, 2.24) is 4.31 Å². The Labute approximate surface area is 187 Å². The van der Waals surface area contributed by atoms with E-state index >= 15 is 0 Å². The number of carbonyl (C=O) groups excluding carboxylic acids is 1. The van der Waals surface area contributed by atoms with E-state index in [1.165, 1.54) is 15.9 Å². The molecule has 2 aromatic carbocycles. The van der Waals surface area contributed by atoms with Gasteiger partial charge >= 0.3 is 0 Å². The summed E-state index contributed by atoms with van der Waals surface area (Å²) in [6.45, 7) is 3.33. The number of halogens is 2. The number of anilines is 1. The molecule has 0 radical (unpaired) electrons. The fourth-order valence-electron chi connectivity index (χ4n) is 4.45. The van der Waals surface area contributed by atoms with Gasteiger partial charge < -0.3 is 4.90 Å². The standard InChI is InChI=1S/C22H24Cl2N2O3S/c1-15-5-2-6-16-7-4-12-26(21(15)16)22(27)17-10-13-25(14-11-17)30(28,29)19-9-3-8-18(23)20(19)24/h2-3,5-6,8-9,17H,4,7,10-14H2,1H3. The zero-order valence-corrected chi connectivity index (χ0v) is 19.1. The molecule has 2 aliphatic heterocycles. The minimum atomic E-state index is -3.75. The van der Waals surface area contributed by atoms with Crippen LogP contribution >= 0.6 is 23.2 Å². The van der Waals surface area contributed by atoms with Gasteiger partial charge in [0.25, 0.3) is 0 Å². The number of hydrogen-bond acceptors (Lipinski definition) is 3. The number of amides is 1. The molecule has 160 valence electrons. The highest BCUT2D eigenvalue weighted by molar-refractivity contribution is 7.89. The first-order chi connectivity index (χ1) is 14.3. The van der Waals surface area contributed by atoms with E-state index in [0.717, 1.165) is 24.1 Å². The topological polar surface area (TPSA) is 57.7 Å². The Morgan fingerprint density at radius 3 is 2.47 bits per heavy atom. The van der Waals surface area contributed by atoms with Crippen molar-refractivity contribution >= 4 is 44.8 Å². The van der Waals surface area contributed by atoms with Gasteiger partial charge in [-0.2, -0.15) is 4.31 Å². The number of rotatable bonds is 3. The zero-order valence-electron chi connectivity index (χ0n) is 16.8. The predicted molar refractivity (Wildman–Crippen MR) is 120 cm³/mol. The van der Waals surface area contributed by atoms with Crippen molar-refractivity contribution in [3.63, 3.8) is 0 Å². The summed E-state index contributed by atoms with van der Waals surface area (Å²) in [4.78, 5) is 15.2. The second-order valence-electron chi connectivity index (χ2n) is 7.91. The average Bonchev–Trinajstić information content (AvgIpc) is 2.75. The molecule has 1 fully saturated rings. The highest BCUT2D eigenvalue weighted by atomic mass is 35.5. The number of nitrogens with zero attached hydrogens (tertiary/aromatic N) is 2. The maximum atomic E-state index is 13.3. The lowest BCUT2D eigenvalue weighted by Crippen LogP contribution is -2.46. The van der Waals surface area contributed by atoms with Gasteiger partial charge in [-0.3, -0.25) is 4.79 Å². The van der Waals surface area contributed by atoms with Crippen molar-refractivity contribution in [2.45, 2.75) is 37.5 Å². The number of sulfonamides is 1. The van der Waals surface area contributed by atoms with Crippen LogP contribution in [0.4, 0.5) is 5.69 Å². The van der Waals surface area contributed by atoms with Gasteiger partial charge in [0.15, 0.2) is 0 Å². The van der Waals surface area contributed by atoms with Crippen molar-refractivity contribution < 1.29 is 13.2 Å². The number of carbonyl (C=O) groups is 1. The van der Waals surface area contributed by atoms with Gasteiger partial charge in [-0.05, 0) is 55.9 Å². The Balaban J connectivity index is 1.49. The molecule has 0 saturated carbocycles. The molecule has 0 unspecified atom stereocenters. The Kier molecular flexibility index (Phi) is 6.13. The predicted octanol–water partition coefficient (Wildman–Crippen LogP) is 4.68. The smallest absolute Gasteiger partial charge is 0.244 e. The third-order valence-electron chi connectivity index (χ3n) is 6.02. The van der Waals surface area contributed by atoms with Crippen LogP contribution < -0.4 is 4.90 Å². The molecule has 0 spiro atoms. The molecule has 0 atom stereocenters. The number of aryl methyl sites for hydroxylation is 2. The van der Waals surface area contributed by atoms with Crippen molar-refractivity contribution in [3.05, 3.63) is 57.6 Å². The van der Waals surface area contributed by atoms with Crippen LogP contribution in [0.3, 0.4) is 0 Å². The van der Waals surface area contributed by atoms with Crippen LogP contribution in [0.5, 0.6) is 0 Å². The summed E-state index contributed by atoms with van der Waals surface area (Å²) in [6.07, 6.45) is 2.92. The van der Waals surface area contributed by atoms with Crippen LogP contribution in [-0.2, 0) is 21.2 Å². The fourth-order valence-corrected chi connectivity index (χ4v) is 6.66. The van der Waals surface area contributed by atoms with Crippen molar-refractivity contribution in [2.75, 3.05) is 24.5 Å². The summed E-state index contributed by atoms with van der Waals surface area (Å²) in [7, 11) is -3.75. The summed E-state index contributed by atoms with van der Waals surface area (Å²) in [5.74, 6) is -0.0834. The molecule has 2 aliphatic rings. The average molecular weight is 467 g/mol. The monoisotopic (exact) mass is 466 g/mol. The van der Waals surface area contributed by atoms with E-state index in [2.05, 4.69) is 6.07 Å². The zero-order chi connectivity index (χ0) is 21.5. The summed E-state index contributed by atoms with van der Waals surface area (Å²) >= 11 is 12.1. The van der Waals surface area contributed by atoms with Gasteiger partial charge in [0.1, 0.15) is 4.90 Å². The van der Waals surface area contributed by atoms with Gasteiger partial charge in [-0.15, -0.1) is 0 Å². The Hall–Kier alpha value is -1.60. The van der Waals surface area contributed by atoms with Gasteiger partial charge in [0.2, 0.25) is 15.9 Å². The van der Waals surface area contributed by atoms with Gasteiger partial charge in [-0.25, -0.2) is 8.42 Å². The summed E-state index contributed by atoms with van der Waals surface area (Å²) in [5.41, 5.74) is 3.36. The number of piperidine rings is 1. The molecule has 5 nitrogen and oxygen atoms in total. The Morgan fingerprint density at radius 2 is 1.73 bits per heavy atom. The minimum absolute atomic E-state index is 0.0158. The van der Waals surface area contributed by atoms with E-state index in [4.69, 9.17) is 23.2 Å². The highest BCUT2D eigenvalue weighted by Gasteiger charge is 2.36. The van der Waals surface area contributed by atoms with Crippen molar-refractivity contribution in [3.8, 4) is 0 Å². The molecule has 1 amide bonds. The first-order valence-electron chi connectivity index (χ1n) is 10.1. The molecule has 30 heavy (non-hydrogen) atoms. The van der Waals surface area contributed by atoms with Crippen LogP contribution in [0.1, 0.15) is 30.4 Å². The lowest BCUT2D eigenvalue weighted by molar-refractivity contribution is -0.123. The first-order valence-corrected chi connectivity index (χ1v) is 12.3. The SMILES string of the molecule is Cc1cccc2c1N(C(=O)C1CCN(S(=O)(=O)c3cccc(Cl)c3Cl)CC1)CCC2. The second-order valence-corrected chi connectivity index (χ2v) is 10.6. The second kappa shape index (κ2) is 8.50.